The Kier molecular flexibility index (Phi) is 6.65. The Hall–Kier alpha value is -2.02. The van der Waals surface area contributed by atoms with Gasteiger partial charge in [-0.2, -0.15) is 0 Å². The number of halogens is 1. The molecule has 0 radical (unpaired) electrons. The Balaban J connectivity index is 0.00000225. The SMILES string of the molecule is CN(C)CCN1C(=O)CC2Sc3ccccc3N=C2N1Cc1ccccc1.Cl. The zero-order valence-corrected chi connectivity index (χ0v) is 17.7. The van der Waals surface area contributed by atoms with Crippen molar-refractivity contribution >= 4 is 41.6 Å². The van der Waals surface area contributed by atoms with Crippen LogP contribution in [0, 0.1) is 0 Å². The minimum absolute atomic E-state index is 0. The Bertz CT molecular complexity index is 858. The van der Waals surface area contributed by atoms with Crippen molar-refractivity contribution in [3.63, 3.8) is 0 Å². The molecule has 2 aliphatic rings. The normalized spacial score (nSPS) is 18.3. The quantitative estimate of drug-likeness (QED) is 0.742. The molecule has 1 amide bonds. The molecule has 0 N–H and O–H groups in total. The summed E-state index contributed by atoms with van der Waals surface area (Å²) in [6.07, 6.45) is 0.497. The van der Waals surface area contributed by atoms with Crippen LogP contribution < -0.4 is 0 Å². The lowest BCUT2D eigenvalue weighted by Crippen LogP contribution is -2.59. The first-order valence-corrected chi connectivity index (χ1v) is 10.1. The van der Waals surface area contributed by atoms with Crippen molar-refractivity contribution in [3.05, 3.63) is 60.2 Å². The number of nitrogens with zero attached hydrogens (tertiary/aromatic N) is 4. The van der Waals surface area contributed by atoms with Crippen molar-refractivity contribution in [2.45, 2.75) is 23.1 Å². The molecule has 7 heteroatoms. The number of likely N-dealkylation sites (N-methyl/N-ethyl adjacent to an activating group) is 1. The molecule has 148 valence electrons. The molecule has 0 aromatic heterocycles. The van der Waals surface area contributed by atoms with E-state index in [-0.39, 0.29) is 23.6 Å². The first-order valence-electron chi connectivity index (χ1n) is 9.22. The van der Waals surface area contributed by atoms with E-state index >= 15 is 0 Å². The summed E-state index contributed by atoms with van der Waals surface area (Å²) in [5, 5.41) is 4.06. The van der Waals surface area contributed by atoms with Crippen LogP contribution in [0.5, 0.6) is 0 Å². The summed E-state index contributed by atoms with van der Waals surface area (Å²) in [7, 11) is 4.06. The van der Waals surface area contributed by atoms with Crippen molar-refractivity contribution in [1.82, 2.24) is 14.9 Å². The molecule has 0 bridgehead atoms. The van der Waals surface area contributed by atoms with Gasteiger partial charge < -0.3 is 4.90 Å². The largest absolute Gasteiger partial charge is 0.308 e. The fourth-order valence-corrected chi connectivity index (χ4v) is 4.60. The van der Waals surface area contributed by atoms with Crippen molar-refractivity contribution in [3.8, 4) is 0 Å². The number of hydrazine groups is 1. The summed E-state index contributed by atoms with van der Waals surface area (Å²) in [6.45, 7) is 2.13. The van der Waals surface area contributed by atoms with Gasteiger partial charge in [0.15, 0.2) is 0 Å². The molecule has 28 heavy (non-hydrogen) atoms. The van der Waals surface area contributed by atoms with Crippen LogP contribution in [0.4, 0.5) is 5.69 Å². The van der Waals surface area contributed by atoms with Crippen LogP contribution in [-0.2, 0) is 11.3 Å². The molecule has 1 atom stereocenters. The fourth-order valence-electron chi connectivity index (χ4n) is 3.39. The molecule has 2 aliphatic heterocycles. The maximum Gasteiger partial charge on any atom is 0.242 e. The van der Waals surface area contributed by atoms with E-state index in [0.29, 0.717) is 19.5 Å². The summed E-state index contributed by atoms with van der Waals surface area (Å²) in [5.41, 5.74) is 2.17. The number of hydrogen-bond acceptors (Lipinski definition) is 5. The monoisotopic (exact) mass is 416 g/mol. The number of hydrogen-bond donors (Lipinski definition) is 0. The third-order valence-corrected chi connectivity index (χ3v) is 6.06. The first-order chi connectivity index (χ1) is 13.1. The number of aliphatic imine (C=N–C) groups is 1. The summed E-state index contributed by atoms with van der Waals surface area (Å²) in [6, 6.07) is 18.5. The summed E-state index contributed by atoms with van der Waals surface area (Å²) < 4.78 is 0. The minimum Gasteiger partial charge on any atom is -0.308 e. The summed E-state index contributed by atoms with van der Waals surface area (Å²) >= 11 is 1.76. The number of amides is 1. The second kappa shape index (κ2) is 8.99. The Labute approximate surface area is 176 Å². The molecule has 1 saturated heterocycles. The third kappa shape index (κ3) is 4.35. The molecule has 0 saturated carbocycles. The average molecular weight is 417 g/mol. The molecule has 2 aromatic carbocycles. The lowest BCUT2D eigenvalue weighted by atomic mass is 10.1. The van der Waals surface area contributed by atoms with Gasteiger partial charge in [-0.25, -0.2) is 4.99 Å². The number of benzene rings is 2. The first kappa shape index (κ1) is 20.7. The highest BCUT2D eigenvalue weighted by molar-refractivity contribution is 8.01. The van der Waals surface area contributed by atoms with Crippen LogP contribution >= 0.6 is 24.2 Å². The van der Waals surface area contributed by atoms with E-state index in [4.69, 9.17) is 4.99 Å². The lowest BCUT2D eigenvalue weighted by molar-refractivity contribution is -0.145. The molecule has 4 rings (SSSR count). The average Bonchev–Trinajstić information content (AvgIpc) is 2.67. The maximum absolute atomic E-state index is 13.0. The van der Waals surface area contributed by atoms with Crippen LogP contribution in [0.1, 0.15) is 12.0 Å². The smallest absolute Gasteiger partial charge is 0.242 e. The van der Waals surface area contributed by atoms with E-state index in [1.807, 2.05) is 55.5 Å². The predicted molar refractivity (Wildman–Crippen MR) is 117 cm³/mol. The second-order valence-electron chi connectivity index (χ2n) is 7.11. The van der Waals surface area contributed by atoms with Gasteiger partial charge in [-0.1, -0.05) is 42.5 Å². The van der Waals surface area contributed by atoms with Crippen molar-refractivity contribution in [2.24, 2.45) is 4.99 Å². The van der Waals surface area contributed by atoms with Gasteiger partial charge >= 0.3 is 0 Å². The van der Waals surface area contributed by atoms with Crippen LogP contribution in [0.15, 0.2) is 64.5 Å². The number of rotatable bonds is 5. The Morgan fingerprint density at radius 1 is 1.07 bits per heavy atom. The van der Waals surface area contributed by atoms with Crippen LogP contribution in [0.3, 0.4) is 0 Å². The van der Waals surface area contributed by atoms with Crippen molar-refractivity contribution in [1.29, 1.82) is 0 Å². The van der Waals surface area contributed by atoms with Crippen LogP contribution in [0.2, 0.25) is 0 Å². The van der Waals surface area contributed by atoms with Crippen LogP contribution in [0.25, 0.3) is 0 Å². The van der Waals surface area contributed by atoms with Gasteiger partial charge in [0.1, 0.15) is 5.84 Å². The van der Waals surface area contributed by atoms with E-state index in [2.05, 4.69) is 28.1 Å². The number of carbonyl (C=O) groups excluding carboxylic acids is 1. The summed E-state index contributed by atoms with van der Waals surface area (Å²) in [4.78, 5) is 21.2. The van der Waals surface area contributed by atoms with Crippen LogP contribution in [-0.4, -0.2) is 59.1 Å². The fraction of sp³-hybridized carbons (Fsp3) is 0.333. The highest BCUT2D eigenvalue weighted by Crippen LogP contribution is 2.41. The molecule has 0 spiro atoms. The number of carbonyl (C=O) groups is 1. The number of fused-ring (bicyclic) bond motifs is 2. The zero-order valence-electron chi connectivity index (χ0n) is 16.1. The second-order valence-corrected chi connectivity index (χ2v) is 8.36. The van der Waals surface area contributed by atoms with E-state index in [1.165, 1.54) is 5.56 Å². The van der Waals surface area contributed by atoms with Gasteiger partial charge in [0.25, 0.3) is 0 Å². The van der Waals surface area contributed by atoms with E-state index in [0.717, 1.165) is 23.0 Å². The predicted octanol–water partition coefficient (Wildman–Crippen LogP) is 3.82. The van der Waals surface area contributed by atoms with Gasteiger partial charge in [0, 0.05) is 17.9 Å². The molecule has 5 nitrogen and oxygen atoms in total. The highest BCUT2D eigenvalue weighted by Gasteiger charge is 2.39. The lowest BCUT2D eigenvalue weighted by Gasteiger charge is -2.45. The van der Waals surface area contributed by atoms with Gasteiger partial charge in [0.05, 0.1) is 24.0 Å². The topological polar surface area (TPSA) is 39.1 Å². The molecule has 1 fully saturated rings. The number of amidine groups is 1. The van der Waals surface area contributed by atoms with Crippen molar-refractivity contribution in [2.75, 3.05) is 27.2 Å². The van der Waals surface area contributed by atoms with E-state index in [9.17, 15) is 4.79 Å². The standard InChI is InChI=1S/C21H24N4OS.ClH/c1-23(2)12-13-24-20(26)14-19-21(22-17-10-6-7-11-18(17)27-19)25(24)15-16-8-4-3-5-9-16;/h3-11,19H,12-15H2,1-2H3;1H. The summed E-state index contributed by atoms with van der Waals surface area (Å²) in [5.74, 6) is 1.16. The molecule has 1 unspecified atom stereocenters. The molecule has 2 aromatic rings. The van der Waals surface area contributed by atoms with E-state index in [1.54, 1.807) is 11.8 Å². The molecule has 0 aliphatic carbocycles. The number of para-hydroxylation sites is 1. The molecular formula is C21H25ClN4OS. The van der Waals surface area contributed by atoms with Gasteiger partial charge in [-0.15, -0.1) is 24.2 Å². The Morgan fingerprint density at radius 2 is 1.79 bits per heavy atom. The van der Waals surface area contributed by atoms with E-state index < -0.39 is 0 Å². The highest BCUT2D eigenvalue weighted by atomic mass is 35.5. The van der Waals surface area contributed by atoms with Gasteiger partial charge in [-0.05, 0) is 31.8 Å². The zero-order chi connectivity index (χ0) is 18.8. The third-order valence-electron chi connectivity index (χ3n) is 4.80. The van der Waals surface area contributed by atoms with Gasteiger partial charge in [-0.3, -0.25) is 14.8 Å². The van der Waals surface area contributed by atoms with Crippen molar-refractivity contribution < 1.29 is 4.79 Å². The molecular weight excluding hydrogens is 392 g/mol. The number of thioether (sulfide) groups is 1. The molecule has 2 heterocycles. The Morgan fingerprint density at radius 3 is 2.54 bits per heavy atom. The maximum atomic E-state index is 13.0. The minimum atomic E-state index is 0. The van der Waals surface area contributed by atoms with Gasteiger partial charge in [0.2, 0.25) is 5.91 Å².